The van der Waals surface area contributed by atoms with Crippen molar-refractivity contribution in [3.63, 3.8) is 0 Å². The van der Waals surface area contributed by atoms with Gasteiger partial charge in [0.05, 0.1) is 6.10 Å². The molecule has 2 aromatic rings. The SMILES string of the molecule is Cc1csc(=O)n1CC(=O)NCC(CC(C)O)c1ccccc1. The summed E-state index contributed by atoms with van der Waals surface area (Å²) in [6, 6.07) is 9.81. The Labute approximate surface area is 139 Å². The van der Waals surface area contributed by atoms with Crippen LogP contribution in [0.15, 0.2) is 40.5 Å². The quantitative estimate of drug-likeness (QED) is 0.812. The summed E-state index contributed by atoms with van der Waals surface area (Å²) in [5, 5.41) is 14.3. The molecule has 2 atom stereocenters. The number of rotatable bonds is 7. The number of hydrogen-bond donors (Lipinski definition) is 2. The number of nitrogens with zero attached hydrogens (tertiary/aromatic N) is 1. The van der Waals surface area contributed by atoms with E-state index in [-0.39, 0.29) is 23.2 Å². The van der Waals surface area contributed by atoms with Crippen LogP contribution in [-0.2, 0) is 11.3 Å². The van der Waals surface area contributed by atoms with Crippen LogP contribution in [0.5, 0.6) is 0 Å². The summed E-state index contributed by atoms with van der Waals surface area (Å²) in [5.74, 6) is -0.152. The molecule has 1 amide bonds. The molecule has 0 radical (unpaired) electrons. The van der Waals surface area contributed by atoms with Gasteiger partial charge in [-0.25, -0.2) is 0 Å². The van der Waals surface area contributed by atoms with E-state index in [4.69, 9.17) is 0 Å². The highest BCUT2D eigenvalue weighted by Crippen LogP contribution is 2.20. The van der Waals surface area contributed by atoms with E-state index in [9.17, 15) is 14.7 Å². The molecule has 1 heterocycles. The van der Waals surface area contributed by atoms with Gasteiger partial charge in [0.2, 0.25) is 5.91 Å². The van der Waals surface area contributed by atoms with Gasteiger partial charge in [0.25, 0.3) is 0 Å². The topological polar surface area (TPSA) is 71.3 Å². The van der Waals surface area contributed by atoms with Crippen LogP contribution in [0, 0.1) is 6.92 Å². The lowest BCUT2D eigenvalue weighted by Gasteiger charge is -2.19. The average molecular weight is 334 g/mol. The number of benzene rings is 1. The van der Waals surface area contributed by atoms with Crippen LogP contribution >= 0.6 is 11.3 Å². The second-order valence-electron chi connectivity index (χ2n) is 5.73. The van der Waals surface area contributed by atoms with Gasteiger partial charge in [-0.05, 0) is 25.8 Å². The minimum atomic E-state index is -0.446. The van der Waals surface area contributed by atoms with Gasteiger partial charge < -0.3 is 10.4 Å². The first kappa shape index (κ1) is 17.4. The van der Waals surface area contributed by atoms with Gasteiger partial charge in [-0.1, -0.05) is 41.7 Å². The lowest BCUT2D eigenvalue weighted by atomic mass is 9.93. The number of amides is 1. The molecule has 1 aromatic carbocycles. The molecule has 0 aliphatic rings. The molecule has 0 saturated heterocycles. The highest BCUT2D eigenvalue weighted by molar-refractivity contribution is 7.07. The van der Waals surface area contributed by atoms with E-state index in [0.717, 1.165) is 22.6 Å². The molecule has 2 N–H and O–H groups in total. The second-order valence-corrected chi connectivity index (χ2v) is 6.55. The summed E-state index contributed by atoms with van der Waals surface area (Å²) in [7, 11) is 0. The lowest BCUT2D eigenvalue weighted by Crippen LogP contribution is -2.34. The van der Waals surface area contributed by atoms with E-state index < -0.39 is 6.10 Å². The summed E-state index contributed by atoms with van der Waals surface area (Å²) < 4.78 is 1.46. The number of nitrogens with one attached hydrogen (secondary N) is 1. The van der Waals surface area contributed by atoms with E-state index in [1.807, 2.05) is 37.3 Å². The van der Waals surface area contributed by atoms with Gasteiger partial charge >= 0.3 is 4.87 Å². The zero-order valence-corrected chi connectivity index (χ0v) is 14.2. The van der Waals surface area contributed by atoms with E-state index >= 15 is 0 Å². The molecule has 0 bridgehead atoms. The molecule has 0 aliphatic heterocycles. The van der Waals surface area contributed by atoms with E-state index in [2.05, 4.69) is 5.32 Å². The van der Waals surface area contributed by atoms with Crippen molar-refractivity contribution in [1.82, 2.24) is 9.88 Å². The Kier molecular flexibility index (Phi) is 6.12. The van der Waals surface area contributed by atoms with Crippen molar-refractivity contribution in [2.24, 2.45) is 0 Å². The number of aliphatic hydroxyl groups is 1. The first-order valence-electron chi connectivity index (χ1n) is 7.62. The Balaban J connectivity index is 1.98. The minimum Gasteiger partial charge on any atom is -0.393 e. The normalized spacial score (nSPS) is 13.5. The van der Waals surface area contributed by atoms with Crippen molar-refractivity contribution in [1.29, 1.82) is 0 Å². The van der Waals surface area contributed by atoms with Gasteiger partial charge in [-0.2, -0.15) is 0 Å². The highest BCUT2D eigenvalue weighted by atomic mass is 32.1. The molecule has 0 fully saturated rings. The number of aryl methyl sites for hydroxylation is 1. The molecule has 2 unspecified atom stereocenters. The Morgan fingerprint density at radius 3 is 2.61 bits per heavy atom. The zero-order valence-electron chi connectivity index (χ0n) is 13.4. The van der Waals surface area contributed by atoms with Crippen molar-refractivity contribution >= 4 is 17.2 Å². The van der Waals surface area contributed by atoms with Crippen molar-refractivity contribution in [2.75, 3.05) is 6.54 Å². The number of aromatic nitrogens is 1. The van der Waals surface area contributed by atoms with Crippen LogP contribution in [-0.4, -0.2) is 28.2 Å². The molecule has 124 valence electrons. The molecule has 5 nitrogen and oxygen atoms in total. The van der Waals surface area contributed by atoms with Crippen molar-refractivity contribution in [3.05, 3.63) is 56.6 Å². The third kappa shape index (κ3) is 5.04. The maximum atomic E-state index is 12.1. The van der Waals surface area contributed by atoms with E-state index in [0.29, 0.717) is 13.0 Å². The summed E-state index contributed by atoms with van der Waals surface area (Å²) in [6.45, 7) is 4.02. The number of aliphatic hydroxyl groups excluding tert-OH is 1. The number of carbonyl (C=O) groups is 1. The maximum absolute atomic E-state index is 12.1. The number of carbonyl (C=O) groups excluding carboxylic acids is 1. The summed E-state index contributed by atoms with van der Waals surface area (Å²) in [5.41, 5.74) is 1.87. The van der Waals surface area contributed by atoms with Gasteiger partial charge in [0.1, 0.15) is 6.54 Å². The van der Waals surface area contributed by atoms with Crippen molar-refractivity contribution in [3.8, 4) is 0 Å². The predicted octanol–water partition coefficient (Wildman–Crippen LogP) is 1.89. The molecule has 0 spiro atoms. The Morgan fingerprint density at radius 1 is 1.35 bits per heavy atom. The molecule has 23 heavy (non-hydrogen) atoms. The van der Waals surface area contributed by atoms with Gasteiger partial charge in [0, 0.05) is 23.5 Å². The summed E-state index contributed by atoms with van der Waals surface area (Å²) in [6.07, 6.45) is 0.126. The third-order valence-corrected chi connectivity index (χ3v) is 4.60. The lowest BCUT2D eigenvalue weighted by molar-refractivity contribution is -0.121. The minimum absolute atomic E-state index is 0.0321. The monoisotopic (exact) mass is 334 g/mol. The Hall–Kier alpha value is -1.92. The molecule has 6 heteroatoms. The van der Waals surface area contributed by atoms with Crippen LogP contribution in [0.4, 0.5) is 0 Å². The van der Waals surface area contributed by atoms with Gasteiger partial charge in [0.15, 0.2) is 0 Å². The van der Waals surface area contributed by atoms with E-state index in [1.165, 1.54) is 4.57 Å². The zero-order chi connectivity index (χ0) is 16.8. The van der Waals surface area contributed by atoms with Crippen LogP contribution < -0.4 is 10.2 Å². The molecule has 1 aromatic heterocycles. The number of hydrogen-bond acceptors (Lipinski definition) is 4. The average Bonchev–Trinajstić information content (AvgIpc) is 2.84. The van der Waals surface area contributed by atoms with Crippen LogP contribution in [0.3, 0.4) is 0 Å². The van der Waals surface area contributed by atoms with Crippen LogP contribution in [0.1, 0.15) is 30.5 Å². The van der Waals surface area contributed by atoms with E-state index in [1.54, 1.807) is 12.3 Å². The first-order valence-corrected chi connectivity index (χ1v) is 8.50. The predicted molar refractivity (Wildman–Crippen MR) is 91.8 cm³/mol. The standard InChI is InChI=1S/C17H22N2O3S/c1-12-11-23-17(22)19(12)10-16(21)18-9-15(8-13(2)20)14-6-4-3-5-7-14/h3-7,11,13,15,20H,8-10H2,1-2H3,(H,18,21). The summed E-state index contributed by atoms with van der Waals surface area (Å²) >= 11 is 1.10. The molecule has 0 aliphatic carbocycles. The van der Waals surface area contributed by atoms with Gasteiger partial charge in [-0.15, -0.1) is 0 Å². The van der Waals surface area contributed by atoms with Gasteiger partial charge in [-0.3, -0.25) is 14.2 Å². The first-order chi connectivity index (χ1) is 11.0. The maximum Gasteiger partial charge on any atom is 0.307 e. The molecule has 2 rings (SSSR count). The van der Waals surface area contributed by atoms with Crippen molar-refractivity contribution < 1.29 is 9.90 Å². The largest absolute Gasteiger partial charge is 0.393 e. The molecular formula is C17H22N2O3S. The summed E-state index contributed by atoms with van der Waals surface area (Å²) in [4.78, 5) is 23.6. The second kappa shape index (κ2) is 8.08. The molecular weight excluding hydrogens is 312 g/mol. The van der Waals surface area contributed by atoms with Crippen LogP contribution in [0.25, 0.3) is 0 Å². The smallest absolute Gasteiger partial charge is 0.307 e. The highest BCUT2D eigenvalue weighted by Gasteiger charge is 2.16. The Morgan fingerprint density at radius 2 is 2.04 bits per heavy atom. The fourth-order valence-electron chi connectivity index (χ4n) is 2.51. The molecule has 0 saturated carbocycles. The van der Waals surface area contributed by atoms with Crippen LogP contribution in [0.2, 0.25) is 0 Å². The third-order valence-electron chi connectivity index (χ3n) is 3.72. The van der Waals surface area contributed by atoms with Crippen molar-refractivity contribution in [2.45, 2.75) is 38.8 Å². The Bertz CT molecular complexity index is 691. The fourth-order valence-corrected chi connectivity index (χ4v) is 3.24. The fraction of sp³-hybridized carbons (Fsp3) is 0.412. The number of thiazole rings is 1.